The number of pyridine rings is 2. The first-order valence-electron chi connectivity index (χ1n) is 6.33. The van der Waals surface area contributed by atoms with Crippen molar-refractivity contribution >= 4 is 11.6 Å². The summed E-state index contributed by atoms with van der Waals surface area (Å²) in [7, 11) is 0. The van der Waals surface area contributed by atoms with Crippen molar-refractivity contribution in [1.82, 2.24) is 9.97 Å². The van der Waals surface area contributed by atoms with Gasteiger partial charge in [0, 0.05) is 23.7 Å². The minimum atomic E-state index is 0.315. The zero-order valence-corrected chi connectivity index (χ0v) is 11.1. The van der Waals surface area contributed by atoms with E-state index in [9.17, 15) is 5.26 Å². The number of halogens is 1. The zero-order valence-electron chi connectivity index (χ0n) is 10.4. The Kier molecular flexibility index (Phi) is 3.18. The Morgan fingerprint density at radius 2 is 1.89 bits per heavy atom. The molecule has 0 bridgehead atoms. The van der Waals surface area contributed by atoms with Crippen molar-refractivity contribution in [3.63, 3.8) is 0 Å². The molecule has 0 fully saturated rings. The molecule has 0 saturated heterocycles. The van der Waals surface area contributed by atoms with E-state index in [4.69, 9.17) is 11.6 Å². The van der Waals surface area contributed by atoms with Gasteiger partial charge in [-0.1, -0.05) is 11.6 Å². The van der Waals surface area contributed by atoms with E-state index in [0.29, 0.717) is 10.7 Å². The fourth-order valence-electron chi connectivity index (χ4n) is 2.65. The number of hydrogen-bond donors (Lipinski definition) is 0. The fourth-order valence-corrected chi connectivity index (χ4v) is 2.89. The molecule has 19 heavy (non-hydrogen) atoms. The summed E-state index contributed by atoms with van der Waals surface area (Å²) in [4.78, 5) is 8.43. The predicted molar refractivity (Wildman–Crippen MR) is 73.8 cm³/mol. The lowest BCUT2D eigenvalue weighted by atomic mass is 9.87. The lowest BCUT2D eigenvalue weighted by Gasteiger charge is -2.20. The summed E-state index contributed by atoms with van der Waals surface area (Å²) in [6.07, 6.45) is 7.65. The van der Waals surface area contributed by atoms with Crippen LogP contribution in [0.4, 0.5) is 0 Å². The van der Waals surface area contributed by atoms with Crippen LogP contribution in [0, 0.1) is 11.3 Å². The average molecular weight is 270 g/mol. The van der Waals surface area contributed by atoms with Gasteiger partial charge >= 0.3 is 0 Å². The summed E-state index contributed by atoms with van der Waals surface area (Å²) in [6, 6.07) is 6.03. The maximum atomic E-state index is 9.37. The van der Waals surface area contributed by atoms with E-state index in [-0.39, 0.29) is 0 Å². The first kappa shape index (κ1) is 12.1. The molecule has 0 unspecified atom stereocenters. The van der Waals surface area contributed by atoms with Gasteiger partial charge in [-0.2, -0.15) is 5.26 Å². The molecule has 2 aromatic heterocycles. The van der Waals surface area contributed by atoms with Gasteiger partial charge in [-0.25, -0.2) is 4.98 Å². The molecule has 0 radical (unpaired) electrons. The van der Waals surface area contributed by atoms with Crippen LogP contribution in [0.3, 0.4) is 0 Å². The van der Waals surface area contributed by atoms with Crippen molar-refractivity contribution in [1.29, 1.82) is 5.26 Å². The Balaban J connectivity index is 2.32. The van der Waals surface area contributed by atoms with Crippen LogP contribution in [0.1, 0.15) is 29.7 Å². The standard InChI is InChI=1S/C15H12ClN3/c16-15-12(9-17)14(10-5-7-18-8-6-10)11-3-1-2-4-13(11)19-15/h5-8H,1-4H2. The van der Waals surface area contributed by atoms with Crippen LogP contribution < -0.4 is 0 Å². The number of fused-ring (bicyclic) bond motifs is 1. The lowest BCUT2D eigenvalue weighted by Crippen LogP contribution is -2.09. The van der Waals surface area contributed by atoms with Crippen LogP contribution in [-0.4, -0.2) is 9.97 Å². The normalized spacial score (nSPS) is 13.7. The molecular weight excluding hydrogens is 258 g/mol. The number of aryl methyl sites for hydroxylation is 1. The second-order valence-corrected chi connectivity index (χ2v) is 4.99. The highest BCUT2D eigenvalue weighted by Gasteiger charge is 2.21. The van der Waals surface area contributed by atoms with E-state index in [1.807, 2.05) is 12.1 Å². The van der Waals surface area contributed by atoms with E-state index in [1.165, 1.54) is 5.56 Å². The molecule has 3 rings (SSSR count). The quantitative estimate of drug-likeness (QED) is 0.744. The fraction of sp³-hybridized carbons (Fsp3) is 0.267. The van der Waals surface area contributed by atoms with Gasteiger partial charge in [0.25, 0.3) is 0 Å². The van der Waals surface area contributed by atoms with Crippen LogP contribution in [0.25, 0.3) is 11.1 Å². The molecule has 2 aromatic rings. The molecule has 0 N–H and O–H groups in total. The van der Waals surface area contributed by atoms with Crippen molar-refractivity contribution < 1.29 is 0 Å². The molecule has 4 heteroatoms. The van der Waals surface area contributed by atoms with Gasteiger partial charge in [-0.3, -0.25) is 4.98 Å². The van der Waals surface area contributed by atoms with Crippen LogP contribution >= 0.6 is 11.6 Å². The Morgan fingerprint density at radius 3 is 2.63 bits per heavy atom. The van der Waals surface area contributed by atoms with Crippen molar-refractivity contribution in [3.05, 3.63) is 46.5 Å². The molecule has 94 valence electrons. The highest BCUT2D eigenvalue weighted by atomic mass is 35.5. The third kappa shape index (κ3) is 2.09. The van der Waals surface area contributed by atoms with Crippen molar-refractivity contribution in [2.45, 2.75) is 25.7 Å². The maximum absolute atomic E-state index is 9.37. The van der Waals surface area contributed by atoms with Crippen molar-refractivity contribution in [2.24, 2.45) is 0 Å². The first-order valence-corrected chi connectivity index (χ1v) is 6.71. The monoisotopic (exact) mass is 269 g/mol. The molecule has 0 amide bonds. The van der Waals surface area contributed by atoms with E-state index in [0.717, 1.165) is 42.5 Å². The topological polar surface area (TPSA) is 49.6 Å². The molecule has 0 aromatic carbocycles. The number of hydrogen-bond acceptors (Lipinski definition) is 3. The summed E-state index contributed by atoms with van der Waals surface area (Å²) >= 11 is 6.17. The number of aromatic nitrogens is 2. The van der Waals surface area contributed by atoms with Crippen LogP contribution in [0.2, 0.25) is 5.15 Å². The molecular formula is C15H12ClN3. The second kappa shape index (κ2) is 4.99. The molecule has 0 aliphatic heterocycles. The Labute approximate surface area is 116 Å². The van der Waals surface area contributed by atoms with Crippen molar-refractivity contribution in [2.75, 3.05) is 0 Å². The van der Waals surface area contributed by atoms with Gasteiger partial charge in [-0.05, 0) is 48.9 Å². The molecule has 2 heterocycles. The Hall–Kier alpha value is -1.92. The summed E-state index contributed by atoms with van der Waals surface area (Å²) < 4.78 is 0. The van der Waals surface area contributed by atoms with Crippen LogP contribution in [-0.2, 0) is 12.8 Å². The van der Waals surface area contributed by atoms with E-state index >= 15 is 0 Å². The summed E-state index contributed by atoms with van der Waals surface area (Å²) in [5, 5.41) is 9.69. The minimum absolute atomic E-state index is 0.315. The van der Waals surface area contributed by atoms with E-state index in [1.54, 1.807) is 12.4 Å². The van der Waals surface area contributed by atoms with Crippen LogP contribution in [0.15, 0.2) is 24.5 Å². The maximum Gasteiger partial charge on any atom is 0.147 e. The lowest BCUT2D eigenvalue weighted by molar-refractivity contribution is 0.669. The summed E-state index contributed by atoms with van der Waals surface area (Å²) in [5.41, 5.74) is 4.64. The summed E-state index contributed by atoms with van der Waals surface area (Å²) in [6.45, 7) is 0. The third-order valence-corrected chi connectivity index (χ3v) is 3.78. The first-order chi connectivity index (χ1) is 9.31. The molecule has 0 saturated carbocycles. The predicted octanol–water partition coefficient (Wildman–Crippen LogP) is 3.55. The molecule has 0 spiro atoms. The van der Waals surface area contributed by atoms with Crippen molar-refractivity contribution in [3.8, 4) is 17.2 Å². The van der Waals surface area contributed by atoms with Gasteiger partial charge in [0.05, 0.1) is 5.56 Å². The zero-order chi connectivity index (χ0) is 13.2. The highest BCUT2D eigenvalue weighted by molar-refractivity contribution is 6.31. The van der Waals surface area contributed by atoms with Gasteiger partial charge in [0.1, 0.15) is 11.2 Å². The largest absolute Gasteiger partial charge is 0.265 e. The smallest absolute Gasteiger partial charge is 0.147 e. The summed E-state index contributed by atoms with van der Waals surface area (Å²) in [5.74, 6) is 0. The Morgan fingerprint density at radius 1 is 1.16 bits per heavy atom. The van der Waals surface area contributed by atoms with Gasteiger partial charge in [0.2, 0.25) is 0 Å². The number of nitrogens with zero attached hydrogens (tertiary/aromatic N) is 3. The third-order valence-electron chi connectivity index (χ3n) is 3.51. The number of nitriles is 1. The molecule has 1 aliphatic carbocycles. The van der Waals surface area contributed by atoms with Gasteiger partial charge in [-0.15, -0.1) is 0 Å². The van der Waals surface area contributed by atoms with E-state index in [2.05, 4.69) is 16.0 Å². The van der Waals surface area contributed by atoms with E-state index < -0.39 is 0 Å². The molecule has 3 nitrogen and oxygen atoms in total. The minimum Gasteiger partial charge on any atom is -0.265 e. The molecule has 0 atom stereocenters. The Bertz CT molecular complexity index is 659. The number of rotatable bonds is 1. The van der Waals surface area contributed by atoms with Gasteiger partial charge < -0.3 is 0 Å². The van der Waals surface area contributed by atoms with Crippen LogP contribution in [0.5, 0.6) is 0 Å². The SMILES string of the molecule is N#Cc1c(Cl)nc2c(c1-c1ccncc1)CCCC2. The average Bonchev–Trinajstić information content (AvgIpc) is 2.46. The molecule has 1 aliphatic rings. The highest BCUT2D eigenvalue weighted by Crippen LogP contribution is 2.36. The van der Waals surface area contributed by atoms with Gasteiger partial charge in [0.15, 0.2) is 0 Å². The second-order valence-electron chi connectivity index (χ2n) is 4.63.